The van der Waals surface area contributed by atoms with Gasteiger partial charge in [0.05, 0.1) is 0 Å². The van der Waals surface area contributed by atoms with Crippen LogP contribution in [-0.2, 0) is 6.42 Å². The van der Waals surface area contributed by atoms with Gasteiger partial charge in [-0.3, -0.25) is 0 Å². The van der Waals surface area contributed by atoms with Gasteiger partial charge in [-0.1, -0.05) is 28.1 Å². The topological polar surface area (TPSA) is 29.4 Å². The fourth-order valence-corrected chi connectivity index (χ4v) is 2.63. The second-order valence-electron chi connectivity index (χ2n) is 3.91. The van der Waals surface area contributed by atoms with E-state index >= 15 is 0 Å². The lowest BCUT2D eigenvalue weighted by atomic mass is 10.1. The molecule has 2 nitrogen and oxygen atoms in total. The number of nitroso groups, excluding NO2 is 1. The Morgan fingerprint density at radius 2 is 1.69 bits per heavy atom. The molecule has 0 unspecified atom stereocenters. The molecule has 2 aromatic carbocycles. The lowest BCUT2D eigenvalue weighted by Crippen LogP contribution is -1.79. The van der Waals surface area contributed by atoms with Gasteiger partial charge in [0.25, 0.3) is 0 Å². The third kappa shape index (κ3) is 1.39. The van der Waals surface area contributed by atoms with E-state index in [1.807, 2.05) is 18.2 Å². The van der Waals surface area contributed by atoms with Crippen molar-refractivity contribution in [2.45, 2.75) is 6.42 Å². The first-order valence-corrected chi connectivity index (χ1v) is 5.82. The van der Waals surface area contributed by atoms with Crippen LogP contribution in [0.2, 0.25) is 0 Å². The molecule has 0 amide bonds. The number of halogens is 1. The van der Waals surface area contributed by atoms with Gasteiger partial charge < -0.3 is 0 Å². The summed E-state index contributed by atoms with van der Waals surface area (Å²) in [6.45, 7) is 0. The largest absolute Gasteiger partial charge is 0.145 e. The van der Waals surface area contributed by atoms with Crippen LogP contribution in [0.15, 0.2) is 46.0 Å². The summed E-state index contributed by atoms with van der Waals surface area (Å²) in [6.07, 6.45) is 0.882. The minimum Gasteiger partial charge on any atom is -0.145 e. The van der Waals surface area contributed by atoms with Crippen molar-refractivity contribution < 1.29 is 0 Å². The Bertz CT molecular complexity index is 592. The molecule has 0 fully saturated rings. The van der Waals surface area contributed by atoms with E-state index in [4.69, 9.17) is 0 Å². The molecule has 0 bridgehead atoms. The van der Waals surface area contributed by atoms with Crippen molar-refractivity contribution in [3.05, 3.63) is 56.9 Å². The summed E-state index contributed by atoms with van der Waals surface area (Å²) < 4.78 is 1.09. The summed E-state index contributed by atoms with van der Waals surface area (Å²) in [5.74, 6) is 0. The van der Waals surface area contributed by atoms with Gasteiger partial charge >= 0.3 is 0 Å². The normalized spacial score (nSPS) is 12.1. The average Bonchev–Trinajstić information content (AvgIpc) is 2.64. The molecule has 1 aliphatic rings. The molecule has 3 rings (SSSR count). The van der Waals surface area contributed by atoms with E-state index in [0.29, 0.717) is 5.69 Å². The predicted molar refractivity (Wildman–Crippen MR) is 67.8 cm³/mol. The highest BCUT2D eigenvalue weighted by molar-refractivity contribution is 9.10. The number of hydrogen-bond donors (Lipinski definition) is 0. The highest BCUT2D eigenvalue weighted by Gasteiger charge is 2.18. The van der Waals surface area contributed by atoms with Crippen molar-refractivity contribution in [3.63, 3.8) is 0 Å². The number of hydrogen-bond acceptors (Lipinski definition) is 2. The minimum atomic E-state index is 0.505. The second kappa shape index (κ2) is 3.52. The Morgan fingerprint density at radius 3 is 2.44 bits per heavy atom. The Labute approximate surface area is 101 Å². The number of fused-ring (bicyclic) bond motifs is 3. The fraction of sp³-hybridized carbons (Fsp3) is 0.0769. The van der Waals surface area contributed by atoms with E-state index in [-0.39, 0.29) is 0 Å². The van der Waals surface area contributed by atoms with Crippen LogP contribution >= 0.6 is 15.9 Å². The summed E-state index contributed by atoms with van der Waals surface area (Å²) >= 11 is 3.47. The lowest BCUT2D eigenvalue weighted by molar-refractivity contribution is 1.25. The fourth-order valence-electron chi connectivity index (χ4n) is 2.22. The van der Waals surface area contributed by atoms with Crippen LogP contribution in [0.25, 0.3) is 11.1 Å². The standard InChI is InChI=1S/C13H8BrNO/c14-10-1-3-12-8(6-10)5-9-7-11(15-16)2-4-13(9)12/h1-4,6-7H,5H2. The monoisotopic (exact) mass is 273 g/mol. The molecule has 0 N–H and O–H groups in total. The van der Waals surface area contributed by atoms with Gasteiger partial charge in [0.2, 0.25) is 0 Å². The van der Waals surface area contributed by atoms with Gasteiger partial charge in [-0.2, -0.15) is 0 Å². The van der Waals surface area contributed by atoms with Crippen molar-refractivity contribution in [2.75, 3.05) is 0 Å². The maximum atomic E-state index is 10.5. The van der Waals surface area contributed by atoms with Crippen LogP contribution in [0.4, 0.5) is 5.69 Å². The molecule has 0 aliphatic heterocycles. The molecule has 0 heterocycles. The van der Waals surface area contributed by atoms with Crippen LogP contribution in [0.1, 0.15) is 11.1 Å². The van der Waals surface area contributed by atoms with E-state index in [0.717, 1.165) is 10.9 Å². The van der Waals surface area contributed by atoms with Crippen molar-refractivity contribution in [3.8, 4) is 11.1 Å². The molecule has 16 heavy (non-hydrogen) atoms. The number of nitrogens with zero attached hydrogens (tertiary/aromatic N) is 1. The van der Waals surface area contributed by atoms with Crippen LogP contribution in [0.3, 0.4) is 0 Å². The second-order valence-corrected chi connectivity index (χ2v) is 4.83. The van der Waals surface area contributed by atoms with Crippen LogP contribution < -0.4 is 0 Å². The van der Waals surface area contributed by atoms with Gasteiger partial charge in [-0.15, -0.1) is 4.91 Å². The van der Waals surface area contributed by atoms with Gasteiger partial charge in [-0.25, -0.2) is 0 Å². The molecule has 0 saturated heterocycles. The first kappa shape index (κ1) is 9.73. The maximum Gasteiger partial charge on any atom is 0.108 e. The molecule has 78 valence electrons. The average molecular weight is 274 g/mol. The Hall–Kier alpha value is -1.48. The Balaban J connectivity index is 2.19. The maximum absolute atomic E-state index is 10.5. The summed E-state index contributed by atoms with van der Waals surface area (Å²) in [5.41, 5.74) is 5.47. The smallest absolute Gasteiger partial charge is 0.108 e. The Kier molecular flexibility index (Phi) is 2.14. The molecule has 0 saturated carbocycles. The van der Waals surface area contributed by atoms with Crippen molar-refractivity contribution in [2.24, 2.45) is 5.18 Å². The zero-order valence-corrected chi connectivity index (χ0v) is 9.99. The van der Waals surface area contributed by atoms with E-state index in [2.05, 4.69) is 33.2 Å². The molecule has 3 heteroatoms. The summed E-state index contributed by atoms with van der Waals surface area (Å²) in [6, 6.07) is 11.9. The van der Waals surface area contributed by atoms with E-state index in [1.54, 1.807) is 6.07 Å². The van der Waals surface area contributed by atoms with Gasteiger partial charge in [0.15, 0.2) is 0 Å². The summed E-state index contributed by atoms with van der Waals surface area (Å²) in [4.78, 5) is 10.5. The van der Waals surface area contributed by atoms with Crippen molar-refractivity contribution in [1.29, 1.82) is 0 Å². The van der Waals surface area contributed by atoms with Crippen LogP contribution in [-0.4, -0.2) is 0 Å². The highest BCUT2D eigenvalue weighted by atomic mass is 79.9. The molecule has 1 aliphatic carbocycles. The highest BCUT2D eigenvalue weighted by Crippen LogP contribution is 2.39. The van der Waals surface area contributed by atoms with Crippen molar-refractivity contribution in [1.82, 2.24) is 0 Å². The third-order valence-electron chi connectivity index (χ3n) is 2.93. The predicted octanol–water partition coefficient (Wildman–Crippen LogP) is 4.42. The minimum absolute atomic E-state index is 0.505. The zero-order valence-electron chi connectivity index (χ0n) is 8.40. The first-order chi connectivity index (χ1) is 7.78. The Morgan fingerprint density at radius 1 is 1.00 bits per heavy atom. The molecule has 0 radical (unpaired) electrons. The van der Waals surface area contributed by atoms with Gasteiger partial charge in [0.1, 0.15) is 5.69 Å². The van der Waals surface area contributed by atoms with Crippen molar-refractivity contribution >= 4 is 21.6 Å². The summed E-state index contributed by atoms with van der Waals surface area (Å²) in [7, 11) is 0. The summed E-state index contributed by atoms with van der Waals surface area (Å²) in [5, 5.41) is 2.97. The van der Waals surface area contributed by atoms with Crippen LogP contribution in [0, 0.1) is 4.91 Å². The lowest BCUT2D eigenvalue weighted by Gasteiger charge is -2.00. The SMILES string of the molecule is O=Nc1ccc2c(c1)Cc1cc(Br)ccc1-2. The van der Waals surface area contributed by atoms with E-state index in [1.165, 1.54) is 22.3 Å². The van der Waals surface area contributed by atoms with Gasteiger partial charge in [0, 0.05) is 4.47 Å². The molecular formula is C13H8BrNO. The molecular weight excluding hydrogens is 266 g/mol. The van der Waals surface area contributed by atoms with Crippen LogP contribution in [0.5, 0.6) is 0 Å². The van der Waals surface area contributed by atoms with E-state index in [9.17, 15) is 4.91 Å². The zero-order chi connectivity index (χ0) is 11.1. The molecule has 0 atom stereocenters. The molecule has 2 aromatic rings. The molecule has 0 spiro atoms. The quantitative estimate of drug-likeness (QED) is 0.604. The number of rotatable bonds is 1. The van der Waals surface area contributed by atoms with E-state index < -0.39 is 0 Å². The molecule has 0 aromatic heterocycles. The number of benzene rings is 2. The first-order valence-electron chi connectivity index (χ1n) is 5.03. The van der Waals surface area contributed by atoms with Gasteiger partial charge in [-0.05, 0) is 58.1 Å². The third-order valence-corrected chi connectivity index (χ3v) is 3.43.